The first-order valence-corrected chi connectivity index (χ1v) is 4.50. The minimum Gasteiger partial charge on any atom is -0.398 e. The average molecular weight is 181 g/mol. The van der Waals surface area contributed by atoms with Gasteiger partial charge >= 0.3 is 0 Å². The molecule has 0 atom stereocenters. The third-order valence-corrected chi connectivity index (χ3v) is 2.92. The SMILES string of the molecule is Cc1c(N)ccc2scc(F)c12. The van der Waals surface area contributed by atoms with Gasteiger partial charge in [-0.25, -0.2) is 4.39 Å². The van der Waals surface area contributed by atoms with Crippen molar-refractivity contribution in [2.45, 2.75) is 6.92 Å². The fourth-order valence-electron chi connectivity index (χ4n) is 1.27. The highest BCUT2D eigenvalue weighted by atomic mass is 32.1. The Labute approximate surface area is 73.6 Å². The molecule has 0 aliphatic carbocycles. The molecule has 0 radical (unpaired) electrons. The number of hydrogen-bond acceptors (Lipinski definition) is 2. The van der Waals surface area contributed by atoms with Crippen molar-refractivity contribution >= 4 is 27.1 Å². The largest absolute Gasteiger partial charge is 0.398 e. The summed E-state index contributed by atoms with van der Waals surface area (Å²) >= 11 is 1.41. The van der Waals surface area contributed by atoms with E-state index in [2.05, 4.69) is 0 Å². The molecule has 0 fully saturated rings. The number of rotatable bonds is 0. The summed E-state index contributed by atoms with van der Waals surface area (Å²) in [5, 5.41) is 2.18. The number of nitrogen functional groups attached to an aromatic ring is 1. The minimum absolute atomic E-state index is 0.167. The molecule has 12 heavy (non-hydrogen) atoms. The smallest absolute Gasteiger partial charge is 0.142 e. The fourth-order valence-corrected chi connectivity index (χ4v) is 2.14. The van der Waals surface area contributed by atoms with Gasteiger partial charge in [0, 0.05) is 21.2 Å². The molecule has 2 N–H and O–H groups in total. The van der Waals surface area contributed by atoms with Crippen molar-refractivity contribution in [2.24, 2.45) is 0 Å². The topological polar surface area (TPSA) is 26.0 Å². The van der Waals surface area contributed by atoms with Crippen LogP contribution in [-0.2, 0) is 0 Å². The van der Waals surface area contributed by atoms with E-state index in [0.29, 0.717) is 11.1 Å². The van der Waals surface area contributed by atoms with E-state index < -0.39 is 0 Å². The number of nitrogens with two attached hydrogens (primary N) is 1. The van der Waals surface area contributed by atoms with Gasteiger partial charge in [-0.1, -0.05) is 0 Å². The molecule has 0 aliphatic rings. The Balaban J connectivity index is 2.96. The van der Waals surface area contributed by atoms with Crippen molar-refractivity contribution in [3.8, 4) is 0 Å². The standard InChI is InChI=1S/C9H8FNS/c1-5-7(11)2-3-8-9(5)6(10)4-12-8/h2-4H,11H2,1H3. The molecular formula is C9H8FNS. The molecule has 0 amide bonds. The van der Waals surface area contributed by atoms with Gasteiger partial charge < -0.3 is 5.73 Å². The highest BCUT2D eigenvalue weighted by Gasteiger charge is 2.07. The molecule has 0 bridgehead atoms. The highest BCUT2D eigenvalue weighted by Crippen LogP contribution is 2.30. The van der Waals surface area contributed by atoms with Crippen LogP contribution in [-0.4, -0.2) is 0 Å². The van der Waals surface area contributed by atoms with Crippen LogP contribution in [0.1, 0.15) is 5.56 Å². The molecule has 1 nitrogen and oxygen atoms in total. The van der Waals surface area contributed by atoms with Crippen LogP contribution in [0.2, 0.25) is 0 Å². The average Bonchev–Trinajstić information content (AvgIpc) is 2.41. The van der Waals surface area contributed by atoms with Gasteiger partial charge in [0.1, 0.15) is 5.82 Å². The third-order valence-electron chi connectivity index (χ3n) is 2.00. The quantitative estimate of drug-likeness (QED) is 0.621. The second-order valence-corrected chi connectivity index (χ2v) is 3.65. The number of hydrogen-bond donors (Lipinski definition) is 1. The van der Waals surface area contributed by atoms with E-state index >= 15 is 0 Å². The van der Waals surface area contributed by atoms with E-state index in [9.17, 15) is 4.39 Å². The van der Waals surface area contributed by atoms with Gasteiger partial charge in [0.05, 0.1) is 0 Å². The Morgan fingerprint density at radius 1 is 1.42 bits per heavy atom. The Kier molecular flexibility index (Phi) is 1.54. The van der Waals surface area contributed by atoms with E-state index in [-0.39, 0.29) is 5.82 Å². The number of thiophene rings is 1. The number of halogens is 1. The lowest BCUT2D eigenvalue weighted by Gasteiger charge is -2.00. The van der Waals surface area contributed by atoms with Crippen LogP contribution in [0.25, 0.3) is 10.1 Å². The summed E-state index contributed by atoms with van der Waals surface area (Å²) in [4.78, 5) is 0. The second kappa shape index (κ2) is 2.45. The molecule has 0 unspecified atom stereocenters. The maximum absolute atomic E-state index is 13.1. The van der Waals surface area contributed by atoms with E-state index in [1.54, 1.807) is 0 Å². The molecule has 62 valence electrons. The zero-order chi connectivity index (χ0) is 8.72. The number of aryl methyl sites for hydroxylation is 1. The molecule has 0 aliphatic heterocycles. The van der Waals surface area contributed by atoms with Crippen molar-refractivity contribution < 1.29 is 4.39 Å². The summed E-state index contributed by atoms with van der Waals surface area (Å²) in [7, 11) is 0. The third kappa shape index (κ3) is 0.898. The predicted molar refractivity (Wildman–Crippen MR) is 50.9 cm³/mol. The molecular weight excluding hydrogens is 173 g/mol. The summed E-state index contributed by atoms with van der Waals surface area (Å²) in [5.41, 5.74) is 7.14. The van der Waals surface area contributed by atoms with Crippen LogP contribution in [0.3, 0.4) is 0 Å². The number of fused-ring (bicyclic) bond motifs is 1. The normalized spacial score (nSPS) is 10.8. The van der Waals surface area contributed by atoms with Gasteiger partial charge in [0.25, 0.3) is 0 Å². The second-order valence-electron chi connectivity index (χ2n) is 2.74. The lowest BCUT2D eigenvalue weighted by atomic mass is 10.1. The van der Waals surface area contributed by atoms with Gasteiger partial charge in [0.2, 0.25) is 0 Å². The van der Waals surface area contributed by atoms with Gasteiger partial charge in [-0.05, 0) is 24.6 Å². The van der Waals surface area contributed by atoms with Crippen molar-refractivity contribution in [2.75, 3.05) is 5.73 Å². The Bertz CT molecular complexity index is 433. The molecule has 0 saturated carbocycles. The fraction of sp³-hybridized carbons (Fsp3) is 0.111. The van der Waals surface area contributed by atoms with Gasteiger partial charge in [-0.3, -0.25) is 0 Å². The van der Waals surface area contributed by atoms with Crippen LogP contribution < -0.4 is 5.73 Å². The zero-order valence-corrected chi connectivity index (χ0v) is 7.41. The molecule has 0 spiro atoms. The van der Waals surface area contributed by atoms with Gasteiger partial charge in [-0.2, -0.15) is 0 Å². The molecule has 2 aromatic rings. The van der Waals surface area contributed by atoms with E-state index in [1.807, 2.05) is 19.1 Å². The van der Waals surface area contributed by atoms with Gasteiger partial charge in [-0.15, -0.1) is 11.3 Å². The van der Waals surface area contributed by atoms with Crippen LogP contribution in [0.4, 0.5) is 10.1 Å². The summed E-state index contributed by atoms with van der Waals surface area (Å²) in [6, 6.07) is 3.67. The van der Waals surface area contributed by atoms with E-state index in [1.165, 1.54) is 16.7 Å². The summed E-state index contributed by atoms with van der Waals surface area (Å²) in [6.07, 6.45) is 0. The number of anilines is 1. The molecule has 1 aromatic heterocycles. The van der Waals surface area contributed by atoms with Crippen LogP contribution in [0.5, 0.6) is 0 Å². The maximum Gasteiger partial charge on any atom is 0.142 e. The Hall–Kier alpha value is -1.09. The molecule has 2 rings (SSSR count). The summed E-state index contributed by atoms with van der Waals surface area (Å²) < 4.78 is 14.1. The summed E-state index contributed by atoms with van der Waals surface area (Å²) in [5.74, 6) is -0.167. The first kappa shape index (κ1) is 7.55. The maximum atomic E-state index is 13.1. The monoisotopic (exact) mass is 181 g/mol. The van der Waals surface area contributed by atoms with Crippen molar-refractivity contribution in [1.82, 2.24) is 0 Å². The predicted octanol–water partition coefficient (Wildman–Crippen LogP) is 2.93. The van der Waals surface area contributed by atoms with Gasteiger partial charge in [0.15, 0.2) is 0 Å². The van der Waals surface area contributed by atoms with E-state index in [4.69, 9.17) is 5.73 Å². The van der Waals surface area contributed by atoms with Crippen LogP contribution >= 0.6 is 11.3 Å². The lowest BCUT2D eigenvalue weighted by Crippen LogP contribution is -1.89. The summed E-state index contributed by atoms with van der Waals surface area (Å²) in [6.45, 7) is 1.84. The zero-order valence-electron chi connectivity index (χ0n) is 6.60. The first-order valence-electron chi connectivity index (χ1n) is 3.62. The van der Waals surface area contributed by atoms with Crippen molar-refractivity contribution in [3.63, 3.8) is 0 Å². The van der Waals surface area contributed by atoms with Crippen LogP contribution in [0.15, 0.2) is 17.5 Å². The van der Waals surface area contributed by atoms with Crippen LogP contribution in [0, 0.1) is 12.7 Å². The molecule has 3 heteroatoms. The Morgan fingerprint density at radius 3 is 2.92 bits per heavy atom. The molecule has 1 aromatic carbocycles. The minimum atomic E-state index is -0.167. The van der Waals surface area contributed by atoms with Crippen molar-refractivity contribution in [1.29, 1.82) is 0 Å². The molecule has 1 heterocycles. The van der Waals surface area contributed by atoms with Crippen molar-refractivity contribution in [3.05, 3.63) is 28.9 Å². The Morgan fingerprint density at radius 2 is 2.17 bits per heavy atom. The number of benzene rings is 1. The first-order chi connectivity index (χ1) is 5.70. The molecule has 0 saturated heterocycles. The highest BCUT2D eigenvalue weighted by molar-refractivity contribution is 7.17. The van der Waals surface area contributed by atoms with E-state index in [0.717, 1.165) is 10.3 Å². The lowest BCUT2D eigenvalue weighted by molar-refractivity contribution is 0.644.